The van der Waals surface area contributed by atoms with Gasteiger partial charge in [-0.25, -0.2) is 9.59 Å². The summed E-state index contributed by atoms with van der Waals surface area (Å²) < 4.78 is 1.25. The van der Waals surface area contributed by atoms with E-state index in [1.807, 2.05) is 0 Å². The molecule has 26 heavy (non-hydrogen) atoms. The highest BCUT2D eigenvalue weighted by Crippen LogP contribution is 2.20. The van der Waals surface area contributed by atoms with Gasteiger partial charge in [0, 0.05) is 18.8 Å². The first-order valence-corrected chi connectivity index (χ1v) is 7.99. The number of anilines is 1. The minimum Gasteiger partial charge on any atom is -0.506 e. The summed E-state index contributed by atoms with van der Waals surface area (Å²) in [7, 11) is 0. The maximum absolute atomic E-state index is 12.2. The number of phenolic OH excluding ortho intramolecular Hbond substituents is 1. The molecule has 3 aromatic rings. The Balaban J connectivity index is 1.87. The number of fused-ring (bicyclic) bond motifs is 1. The van der Waals surface area contributed by atoms with Crippen LogP contribution in [0, 0.1) is 0 Å². The number of aromatic amines is 1. The van der Waals surface area contributed by atoms with Gasteiger partial charge in [0.15, 0.2) is 0 Å². The van der Waals surface area contributed by atoms with Crippen molar-refractivity contribution in [2.45, 2.75) is 13.0 Å². The number of carboxylic acid groups (broad SMARTS) is 1. The van der Waals surface area contributed by atoms with E-state index < -0.39 is 17.3 Å². The van der Waals surface area contributed by atoms with Gasteiger partial charge in [0.05, 0.1) is 5.39 Å². The summed E-state index contributed by atoms with van der Waals surface area (Å²) in [6, 6.07) is 13.1. The summed E-state index contributed by atoms with van der Waals surface area (Å²) in [6.07, 6.45) is -0.783. The number of aryl methyl sites for hydroxylation is 1. The van der Waals surface area contributed by atoms with Crippen LogP contribution < -0.4 is 16.1 Å². The number of benzene rings is 2. The Bertz CT molecular complexity index is 1060. The molecule has 3 N–H and O–H groups in total. The Morgan fingerprint density at radius 1 is 1.08 bits per heavy atom. The number of rotatable bonds is 5. The quantitative estimate of drug-likeness (QED) is 0.647. The van der Waals surface area contributed by atoms with Gasteiger partial charge >= 0.3 is 11.8 Å². The van der Waals surface area contributed by atoms with Crippen LogP contribution in [0.25, 0.3) is 10.9 Å². The third-order valence-electron chi connectivity index (χ3n) is 4.06. The second-order valence-corrected chi connectivity index (χ2v) is 5.71. The van der Waals surface area contributed by atoms with Crippen molar-refractivity contribution in [3.8, 4) is 5.75 Å². The fraction of sp³-hybridized carbons (Fsp3) is 0.167. The molecule has 3 rings (SSSR count). The fourth-order valence-electron chi connectivity index (χ4n) is 2.88. The average molecular weight is 355 g/mol. The summed E-state index contributed by atoms with van der Waals surface area (Å²) in [5.41, 5.74) is -0.552. The molecule has 1 aromatic heterocycles. The van der Waals surface area contributed by atoms with Gasteiger partial charge in [0.2, 0.25) is 0 Å². The second kappa shape index (κ2) is 7.14. The van der Waals surface area contributed by atoms with Gasteiger partial charge in [0.1, 0.15) is 11.3 Å². The van der Waals surface area contributed by atoms with Crippen LogP contribution in [0.15, 0.2) is 58.1 Å². The number of para-hydroxylation sites is 2. The first kappa shape index (κ1) is 17.3. The standard InChI is InChI=1S/C18H17N3O5/c22-14-9-4-8-13-15(14)21(17(24)19-16(13)23)11-5-10-20(18(25)26)12-6-2-1-3-7-12/h1-4,6-9,22H,5,10-11H2,(H,25,26)(H,19,23,24). The number of H-pyrrole nitrogens is 1. The minimum absolute atomic E-state index is 0.139. The van der Waals surface area contributed by atoms with Crippen molar-refractivity contribution >= 4 is 22.7 Å². The third kappa shape index (κ3) is 3.30. The number of nitrogens with zero attached hydrogens (tertiary/aromatic N) is 2. The molecule has 2 aromatic carbocycles. The molecule has 0 atom stereocenters. The summed E-state index contributed by atoms with van der Waals surface area (Å²) in [5, 5.41) is 19.7. The van der Waals surface area contributed by atoms with Crippen LogP contribution in [0.4, 0.5) is 10.5 Å². The molecule has 0 fully saturated rings. The highest BCUT2D eigenvalue weighted by atomic mass is 16.4. The molecule has 8 heteroatoms. The monoisotopic (exact) mass is 355 g/mol. The van der Waals surface area contributed by atoms with Gasteiger partial charge in [0.25, 0.3) is 5.56 Å². The number of aromatic nitrogens is 2. The van der Waals surface area contributed by atoms with E-state index in [4.69, 9.17) is 0 Å². The van der Waals surface area contributed by atoms with Gasteiger partial charge in [-0.3, -0.25) is 19.2 Å². The molecular weight excluding hydrogens is 338 g/mol. The van der Waals surface area contributed by atoms with Crippen LogP contribution in [-0.4, -0.2) is 32.4 Å². The first-order valence-electron chi connectivity index (χ1n) is 7.99. The zero-order valence-corrected chi connectivity index (χ0v) is 13.8. The van der Waals surface area contributed by atoms with E-state index >= 15 is 0 Å². The summed E-state index contributed by atoms with van der Waals surface area (Å²) >= 11 is 0. The Morgan fingerprint density at radius 3 is 2.50 bits per heavy atom. The summed E-state index contributed by atoms with van der Waals surface area (Å²) in [4.78, 5) is 38.9. The van der Waals surface area contributed by atoms with E-state index in [9.17, 15) is 24.6 Å². The van der Waals surface area contributed by atoms with Crippen LogP contribution in [0.1, 0.15) is 6.42 Å². The highest BCUT2D eigenvalue weighted by Gasteiger charge is 2.15. The van der Waals surface area contributed by atoms with Crippen molar-refractivity contribution in [2.75, 3.05) is 11.4 Å². The lowest BCUT2D eigenvalue weighted by atomic mass is 10.2. The molecule has 0 unspecified atom stereocenters. The number of aromatic hydroxyl groups is 1. The van der Waals surface area contributed by atoms with Crippen molar-refractivity contribution in [3.05, 3.63) is 69.4 Å². The zero-order chi connectivity index (χ0) is 18.7. The van der Waals surface area contributed by atoms with E-state index in [0.29, 0.717) is 12.1 Å². The van der Waals surface area contributed by atoms with Crippen molar-refractivity contribution in [1.82, 2.24) is 9.55 Å². The average Bonchev–Trinajstić information content (AvgIpc) is 2.62. The lowest BCUT2D eigenvalue weighted by Crippen LogP contribution is -2.33. The minimum atomic E-state index is -1.10. The Morgan fingerprint density at radius 2 is 1.81 bits per heavy atom. The third-order valence-corrected chi connectivity index (χ3v) is 4.06. The molecule has 0 aliphatic heterocycles. The largest absolute Gasteiger partial charge is 0.506 e. The topological polar surface area (TPSA) is 116 Å². The second-order valence-electron chi connectivity index (χ2n) is 5.71. The molecule has 0 aliphatic carbocycles. The van der Waals surface area contributed by atoms with E-state index in [-0.39, 0.29) is 29.7 Å². The molecule has 0 aliphatic rings. The van der Waals surface area contributed by atoms with Crippen molar-refractivity contribution in [2.24, 2.45) is 0 Å². The molecule has 8 nitrogen and oxygen atoms in total. The molecule has 1 heterocycles. The number of hydrogen-bond acceptors (Lipinski definition) is 4. The Labute approximate surface area is 147 Å². The van der Waals surface area contributed by atoms with Crippen LogP contribution in [0.3, 0.4) is 0 Å². The van der Waals surface area contributed by atoms with E-state index in [2.05, 4.69) is 4.98 Å². The Hall–Kier alpha value is -3.55. The van der Waals surface area contributed by atoms with Gasteiger partial charge in [-0.05, 0) is 30.7 Å². The van der Waals surface area contributed by atoms with Gasteiger partial charge in [-0.2, -0.15) is 0 Å². The molecule has 0 radical (unpaired) electrons. The number of hydrogen-bond donors (Lipinski definition) is 3. The fourth-order valence-corrected chi connectivity index (χ4v) is 2.88. The highest BCUT2D eigenvalue weighted by molar-refractivity contribution is 5.86. The first-order chi connectivity index (χ1) is 12.5. The maximum atomic E-state index is 12.2. The zero-order valence-electron chi connectivity index (χ0n) is 13.8. The van der Waals surface area contributed by atoms with E-state index in [0.717, 1.165) is 0 Å². The predicted molar refractivity (Wildman–Crippen MR) is 96.9 cm³/mol. The van der Waals surface area contributed by atoms with Crippen molar-refractivity contribution < 1.29 is 15.0 Å². The molecule has 0 saturated heterocycles. The SMILES string of the molecule is O=C(O)N(CCCn1c(=O)[nH]c(=O)c2cccc(O)c21)c1ccccc1. The summed E-state index contributed by atoms with van der Waals surface area (Å²) in [5.74, 6) is -0.177. The lowest BCUT2D eigenvalue weighted by Gasteiger charge is -2.19. The number of amides is 1. The number of nitrogens with one attached hydrogen (secondary N) is 1. The van der Waals surface area contributed by atoms with Crippen LogP contribution in [-0.2, 0) is 6.54 Å². The molecule has 1 amide bonds. The van der Waals surface area contributed by atoms with Crippen molar-refractivity contribution in [3.63, 3.8) is 0 Å². The van der Waals surface area contributed by atoms with Gasteiger partial charge in [-0.15, -0.1) is 0 Å². The van der Waals surface area contributed by atoms with Gasteiger partial charge < -0.3 is 10.2 Å². The van der Waals surface area contributed by atoms with Crippen LogP contribution in [0.2, 0.25) is 0 Å². The molecule has 0 spiro atoms. The maximum Gasteiger partial charge on any atom is 0.411 e. The van der Waals surface area contributed by atoms with E-state index in [1.54, 1.807) is 30.3 Å². The van der Waals surface area contributed by atoms with E-state index in [1.165, 1.54) is 27.7 Å². The normalized spacial score (nSPS) is 10.8. The molecular formula is C18H17N3O5. The number of phenols is 1. The smallest absolute Gasteiger partial charge is 0.411 e. The molecule has 134 valence electrons. The van der Waals surface area contributed by atoms with Crippen molar-refractivity contribution in [1.29, 1.82) is 0 Å². The lowest BCUT2D eigenvalue weighted by molar-refractivity contribution is 0.201. The molecule has 0 bridgehead atoms. The van der Waals surface area contributed by atoms with Crippen LogP contribution >= 0.6 is 0 Å². The van der Waals surface area contributed by atoms with Gasteiger partial charge in [-0.1, -0.05) is 24.3 Å². The summed E-state index contributed by atoms with van der Waals surface area (Å²) in [6.45, 7) is 0.292. The number of carbonyl (C=O) groups is 1. The predicted octanol–water partition coefficient (Wildman–Crippen LogP) is 1.97. The Kier molecular flexibility index (Phi) is 4.74. The van der Waals surface area contributed by atoms with Crippen LogP contribution in [0.5, 0.6) is 5.75 Å². The molecule has 0 saturated carbocycles.